The van der Waals surface area contributed by atoms with E-state index in [2.05, 4.69) is 4.98 Å². The molecule has 0 saturated carbocycles. The fourth-order valence-electron chi connectivity index (χ4n) is 4.00. The number of aromatic nitrogens is 1. The number of halogens is 1. The number of pyridine rings is 1. The van der Waals surface area contributed by atoms with Gasteiger partial charge in [-0.3, -0.25) is 14.6 Å². The second kappa shape index (κ2) is 10.6. The molecule has 1 atom stereocenters. The molecule has 9 heteroatoms. The first-order valence-corrected chi connectivity index (χ1v) is 11.5. The molecule has 1 aromatic heterocycles. The van der Waals surface area contributed by atoms with Gasteiger partial charge in [-0.25, -0.2) is 4.79 Å². The van der Waals surface area contributed by atoms with E-state index >= 15 is 0 Å². The van der Waals surface area contributed by atoms with E-state index < -0.39 is 29.5 Å². The summed E-state index contributed by atoms with van der Waals surface area (Å²) in [5, 5.41) is 11.4. The number of esters is 1. The molecule has 1 aliphatic rings. The van der Waals surface area contributed by atoms with E-state index in [1.165, 1.54) is 24.1 Å². The lowest BCUT2D eigenvalue weighted by Gasteiger charge is -2.24. The Kier molecular flexibility index (Phi) is 7.36. The van der Waals surface area contributed by atoms with E-state index in [0.717, 1.165) is 0 Å². The van der Waals surface area contributed by atoms with E-state index in [4.69, 9.17) is 21.1 Å². The molecule has 1 amide bonds. The second-order valence-corrected chi connectivity index (χ2v) is 8.35. The number of ether oxygens (including phenoxy) is 2. The standard InChI is InChI=1S/C27H23ClN2O6/c1-3-36-27(34)17-9-7-16(8-10-17)15-30-23(21-6-4-5-13-29-21)22(25(32)26(30)33)24(31)19-14-18(35-2)11-12-20(19)28/h4-14,23,31H,3,15H2,1-2H3/b24-22+. The van der Waals surface area contributed by atoms with Crippen molar-refractivity contribution in [1.82, 2.24) is 9.88 Å². The first-order valence-electron chi connectivity index (χ1n) is 11.1. The molecule has 1 aliphatic heterocycles. The van der Waals surface area contributed by atoms with Crippen molar-refractivity contribution in [2.75, 3.05) is 13.7 Å². The van der Waals surface area contributed by atoms with Gasteiger partial charge in [-0.1, -0.05) is 29.8 Å². The third-order valence-electron chi connectivity index (χ3n) is 5.75. The Balaban J connectivity index is 1.78. The number of hydrogen-bond acceptors (Lipinski definition) is 7. The number of Topliss-reactive ketones (excluding diaryl/α,β-unsaturated/α-hetero) is 1. The summed E-state index contributed by atoms with van der Waals surface area (Å²) in [7, 11) is 1.47. The van der Waals surface area contributed by atoms with Crippen LogP contribution in [0, 0.1) is 0 Å². The van der Waals surface area contributed by atoms with Gasteiger partial charge < -0.3 is 19.5 Å². The number of carbonyl (C=O) groups excluding carboxylic acids is 3. The number of aliphatic hydroxyl groups is 1. The van der Waals surface area contributed by atoms with Crippen molar-refractivity contribution in [2.24, 2.45) is 0 Å². The summed E-state index contributed by atoms with van der Waals surface area (Å²) in [4.78, 5) is 44.0. The van der Waals surface area contributed by atoms with E-state index in [0.29, 0.717) is 22.6 Å². The Labute approximate surface area is 212 Å². The molecule has 4 rings (SSSR count). The Bertz CT molecular complexity index is 1340. The number of hydrogen-bond donors (Lipinski definition) is 1. The predicted octanol–water partition coefficient (Wildman–Crippen LogP) is 4.54. The fourth-order valence-corrected chi connectivity index (χ4v) is 4.21. The van der Waals surface area contributed by atoms with Crippen molar-refractivity contribution >= 4 is 35.0 Å². The van der Waals surface area contributed by atoms with Crippen molar-refractivity contribution in [1.29, 1.82) is 0 Å². The van der Waals surface area contributed by atoms with E-state index in [9.17, 15) is 19.5 Å². The Morgan fingerprint density at radius 3 is 2.50 bits per heavy atom. The van der Waals surface area contributed by atoms with Crippen molar-refractivity contribution < 1.29 is 29.0 Å². The summed E-state index contributed by atoms with van der Waals surface area (Å²) in [6.45, 7) is 2.02. The quantitative estimate of drug-likeness (QED) is 0.217. The average molecular weight is 507 g/mol. The summed E-state index contributed by atoms with van der Waals surface area (Å²) in [5.41, 5.74) is 1.48. The molecular formula is C27H23ClN2O6. The molecule has 0 aliphatic carbocycles. The number of methoxy groups -OCH3 is 1. The van der Waals surface area contributed by atoms with E-state index in [-0.39, 0.29) is 29.3 Å². The van der Waals surface area contributed by atoms with Crippen LogP contribution in [0.1, 0.15) is 40.1 Å². The maximum absolute atomic E-state index is 13.2. The molecule has 1 saturated heterocycles. The highest BCUT2D eigenvalue weighted by molar-refractivity contribution is 6.46. The monoisotopic (exact) mass is 506 g/mol. The number of ketones is 1. The Hall–Kier alpha value is -4.17. The molecule has 1 fully saturated rings. The highest BCUT2D eigenvalue weighted by Gasteiger charge is 2.47. The lowest BCUT2D eigenvalue weighted by molar-refractivity contribution is -0.140. The van der Waals surface area contributed by atoms with Crippen molar-refractivity contribution in [3.8, 4) is 5.75 Å². The topological polar surface area (TPSA) is 106 Å². The zero-order valence-corrected chi connectivity index (χ0v) is 20.4. The molecule has 0 radical (unpaired) electrons. The lowest BCUT2D eigenvalue weighted by atomic mass is 9.98. The third-order valence-corrected chi connectivity index (χ3v) is 6.08. The molecule has 0 bridgehead atoms. The summed E-state index contributed by atoms with van der Waals surface area (Å²) >= 11 is 6.32. The zero-order chi connectivity index (χ0) is 25.8. The normalized spacial score (nSPS) is 16.8. The van der Waals surface area contributed by atoms with Crippen LogP contribution in [0.3, 0.4) is 0 Å². The highest BCUT2D eigenvalue weighted by Crippen LogP contribution is 2.41. The van der Waals surface area contributed by atoms with Crippen LogP contribution in [-0.2, 0) is 20.9 Å². The molecule has 36 heavy (non-hydrogen) atoms. The minimum atomic E-state index is -0.960. The number of rotatable bonds is 7. The van der Waals surface area contributed by atoms with Crippen LogP contribution in [0.4, 0.5) is 0 Å². The minimum Gasteiger partial charge on any atom is -0.507 e. The molecule has 2 aromatic carbocycles. The maximum Gasteiger partial charge on any atom is 0.338 e. The minimum absolute atomic E-state index is 0.0392. The second-order valence-electron chi connectivity index (χ2n) is 7.94. The van der Waals surface area contributed by atoms with Gasteiger partial charge in [0.15, 0.2) is 0 Å². The molecule has 0 spiro atoms. The van der Waals surface area contributed by atoms with Gasteiger partial charge in [0.1, 0.15) is 17.6 Å². The number of carbonyl (C=O) groups is 3. The predicted molar refractivity (Wildman–Crippen MR) is 132 cm³/mol. The van der Waals surface area contributed by atoms with Gasteiger partial charge in [-0.15, -0.1) is 0 Å². The molecule has 3 aromatic rings. The first-order chi connectivity index (χ1) is 17.3. The number of likely N-dealkylation sites (tertiary alicyclic amines) is 1. The van der Waals surface area contributed by atoms with Crippen LogP contribution >= 0.6 is 11.6 Å². The molecule has 1 unspecified atom stereocenters. The van der Waals surface area contributed by atoms with Gasteiger partial charge >= 0.3 is 5.97 Å². The van der Waals surface area contributed by atoms with Crippen molar-refractivity contribution in [2.45, 2.75) is 19.5 Å². The largest absolute Gasteiger partial charge is 0.507 e. The summed E-state index contributed by atoms with van der Waals surface area (Å²) in [5.74, 6) is -2.10. The molecule has 8 nitrogen and oxygen atoms in total. The molecule has 1 N–H and O–H groups in total. The van der Waals surface area contributed by atoms with Crippen LogP contribution in [0.5, 0.6) is 5.75 Å². The van der Waals surface area contributed by atoms with Crippen molar-refractivity contribution in [3.05, 3.63) is 99.8 Å². The van der Waals surface area contributed by atoms with Gasteiger partial charge in [-0.05, 0) is 55.0 Å². The summed E-state index contributed by atoms with van der Waals surface area (Å²) < 4.78 is 10.2. The van der Waals surface area contributed by atoms with Crippen LogP contribution in [0.25, 0.3) is 5.76 Å². The summed E-state index contributed by atoms with van der Waals surface area (Å²) in [6, 6.07) is 15.4. The van der Waals surface area contributed by atoms with Gasteiger partial charge in [0.25, 0.3) is 11.7 Å². The number of amides is 1. The lowest BCUT2D eigenvalue weighted by Crippen LogP contribution is -2.29. The van der Waals surface area contributed by atoms with E-state index in [1.807, 2.05) is 0 Å². The summed E-state index contributed by atoms with van der Waals surface area (Å²) in [6.07, 6.45) is 1.54. The van der Waals surface area contributed by atoms with Crippen LogP contribution < -0.4 is 4.74 Å². The smallest absolute Gasteiger partial charge is 0.338 e. The number of benzene rings is 2. The van der Waals surface area contributed by atoms with Gasteiger partial charge in [0.2, 0.25) is 0 Å². The number of nitrogens with zero attached hydrogens (tertiary/aromatic N) is 2. The van der Waals surface area contributed by atoms with Crippen LogP contribution in [0.15, 0.2) is 72.4 Å². The van der Waals surface area contributed by atoms with Gasteiger partial charge in [0, 0.05) is 18.3 Å². The van der Waals surface area contributed by atoms with E-state index in [1.54, 1.807) is 61.7 Å². The Morgan fingerprint density at radius 2 is 1.86 bits per heavy atom. The SMILES string of the molecule is CCOC(=O)c1ccc(CN2C(=O)C(=O)/C(=C(/O)c3cc(OC)ccc3Cl)C2c2ccccn2)cc1. The van der Waals surface area contributed by atoms with Crippen LogP contribution in [0.2, 0.25) is 5.02 Å². The average Bonchev–Trinajstić information content (AvgIpc) is 3.14. The van der Waals surface area contributed by atoms with Gasteiger partial charge in [-0.2, -0.15) is 0 Å². The maximum atomic E-state index is 13.2. The third kappa shape index (κ3) is 4.81. The molecular weight excluding hydrogens is 484 g/mol. The van der Waals surface area contributed by atoms with Gasteiger partial charge in [0.05, 0.1) is 35.6 Å². The van der Waals surface area contributed by atoms with Crippen LogP contribution in [-0.4, -0.2) is 46.4 Å². The fraction of sp³-hybridized carbons (Fsp3) is 0.185. The zero-order valence-electron chi connectivity index (χ0n) is 19.6. The first kappa shape index (κ1) is 24.9. The highest BCUT2D eigenvalue weighted by atomic mass is 35.5. The molecule has 184 valence electrons. The molecule has 2 heterocycles. The number of aliphatic hydroxyl groups excluding tert-OH is 1. The van der Waals surface area contributed by atoms with Crippen molar-refractivity contribution in [3.63, 3.8) is 0 Å². The Morgan fingerprint density at radius 1 is 1.11 bits per heavy atom.